The molecule has 1 saturated heterocycles. The van der Waals surface area contributed by atoms with E-state index in [1.54, 1.807) is 0 Å². The molecule has 1 amide bonds. The van der Waals surface area contributed by atoms with Gasteiger partial charge in [-0.3, -0.25) is 4.79 Å². The molecule has 0 aliphatic carbocycles. The first-order chi connectivity index (χ1) is 12.3. The van der Waals surface area contributed by atoms with E-state index in [1.165, 1.54) is 6.33 Å². The van der Waals surface area contributed by atoms with Crippen molar-refractivity contribution in [1.29, 1.82) is 0 Å². The minimum absolute atomic E-state index is 0.152. The highest BCUT2D eigenvalue weighted by atomic mass is 19.1. The number of halogens is 2. The van der Waals surface area contributed by atoms with Crippen LogP contribution in [-0.2, 0) is 0 Å². The van der Waals surface area contributed by atoms with Crippen LogP contribution < -0.4 is 21.7 Å². The molecule has 1 fully saturated rings. The first kappa shape index (κ1) is 18.0. The first-order valence-corrected chi connectivity index (χ1v) is 8.13. The summed E-state index contributed by atoms with van der Waals surface area (Å²) in [7, 11) is 0. The van der Waals surface area contributed by atoms with Crippen LogP contribution in [0.4, 0.5) is 20.4 Å². The quantitative estimate of drug-likeness (QED) is 0.748. The van der Waals surface area contributed by atoms with Crippen LogP contribution >= 0.6 is 0 Å². The van der Waals surface area contributed by atoms with Crippen molar-refractivity contribution in [3.8, 4) is 0 Å². The molecule has 1 aromatic carbocycles. The number of anilines is 2. The molecule has 26 heavy (non-hydrogen) atoms. The molecule has 7 nitrogen and oxygen atoms in total. The molecule has 0 saturated carbocycles. The van der Waals surface area contributed by atoms with Gasteiger partial charge in [0, 0.05) is 31.3 Å². The van der Waals surface area contributed by atoms with Gasteiger partial charge in [0.2, 0.25) is 0 Å². The third-order valence-electron chi connectivity index (χ3n) is 4.56. The number of benzene rings is 1. The van der Waals surface area contributed by atoms with E-state index in [-0.39, 0.29) is 12.1 Å². The van der Waals surface area contributed by atoms with Crippen LogP contribution in [0.3, 0.4) is 0 Å². The molecule has 9 heteroatoms. The van der Waals surface area contributed by atoms with Crippen LogP contribution in [0.1, 0.15) is 22.3 Å². The second-order valence-electron chi connectivity index (χ2n) is 6.55. The number of nitrogens with two attached hydrogens (primary N) is 2. The topological polar surface area (TPSA) is 110 Å². The SMILES string of the molecule is Cc1c(N)ncnc1N1CCC(N)(CNC(=O)c2ccc(F)cc2F)C1. The fraction of sp³-hybridized carbons (Fsp3) is 0.353. The molecule has 1 unspecified atom stereocenters. The number of nitrogens with one attached hydrogen (secondary N) is 1. The van der Waals surface area contributed by atoms with E-state index < -0.39 is 23.1 Å². The van der Waals surface area contributed by atoms with Gasteiger partial charge in [-0.15, -0.1) is 0 Å². The highest BCUT2D eigenvalue weighted by Crippen LogP contribution is 2.27. The molecular weight excluding hydrogens is 342 g/mol. The van der Waals surface area contributed by atoms with Crippen molar-refractivity contribution in [1.82, 2.24) is 15.3 Å². The predicted octanol–water partition coefficient (Wildman–Crippen LogP) is 0.983. The lowest BCUT2D eigenvalue weighted by atomic mass is 10.00. The summed E-state index contributed by atoms with van der Waals surface area (Å²) < 4.78 is 26.6. The molecular formula is C17H20F2N6O. The highest BCUT2D eigenvalue weighted by molar-refractivity contribution is 5.94. The Bertz CT molecular complexity index is 846. The Morgan fingerprint density at radius 3 is 2.88 bits per heavy atom. The number of hydrogen-bond donors (Lipinski definition) is 3. The van der Waals surface area contributed by atoms with Gasteiger partial charge >= 0.3 is 0 Å². The van der Waals surface area contributed by atoms with E-state index in [9.17, 15) is 13.6 Å². The summed E-state index contributed by atoms with van der Waals surface area (Å²) in [5.74, 6) is -1.16. The van der Waals surface area contributed by atoms with Crippen LogP contribution in [0.5, 0.6) is 0 Å². The zero-order valence-corrected chi connectivity index (χ0v) is 14.3. The van der Waals surface area contributed by atoms with Crippen LogP contribution in [-0.4, -0.2) is 41.0 Å². The van der Waals surface area contributed by atoms with E-state index in [4.69, 9.17) is 11.5 Å². The Morgan fingerprint density at radius 1 is 1.38 bits per heavy atom. The molecule has 1 atom stereocenters. The maximum Gasteiger partial charge on any atom is 0.254 e. The zero-order valence-electron chi connectivity index (χ0n) is 14.3. The van der Waals surface area contributed by atoms with Crippen LogP contribution in [0, 0.1) is 18.6 Å². The average Bonchev–Trinajstić information content (AvgIpc) is 2.98. The van der Waals surface area contributed by atoms with Crippen molar-refractivity contribution in [2.45, 2.75) is 18.9 Å². The lowest BCUT2D eigenvalue weighted by molar-refractivity contribution is 0.0941. The van der Waals surface area contributed by atoms with Crippen LogP contribution in [0.2, 0.25) is 0 Å². The standard InChI is InChI=1S/C17H20F2N6O/c1-10-14(20)23-9-24-15(10)25-5-4-17(21,8-25)7-22-16(26)12-3-2-11(18)6-13(12)19/h2-3,6,9H,4-5,7-8,21H2,1H3,(H,22,26)(H2,20,23,24). The molecule has 138 valence electrons. The monoisotopic (exact) mass is 362 g/mol. The Morgan fingerprint density at radius 2 is 2.15 bits per heavy atom. The maximum atomic E-state index is 13.7. The number of amides is 1. The molecule has 3 rings (SSSR count). The summed E-state index contributed by atoms with van der Waals surface area (Å²) in [6.45, 7) is 3.09. The summed E-state index contributed by atoms with van der Waals surface area (Å²) in [4.78, 5) is 22.3. The van der Waals surface area contributed by atoms with Gasteiger partial charge in [0.1, 0.15) is 29.6 Å². The fourth-order valence-electron chi connectivity index (χ4n) is 3.02. The Balaban J connectivity index is 1.65. The van der Waals surface area contributed by atoms with E-state index in [0.717, 1.165) is 17.7 Å². The van der Waals surface area contributed by atoms with Crippen molar-refractivity contribution in [2.75, 3.05) is 30.3 Å². The van der Waals surface area contributed by atoms with Crippen molar-refractivity contribution in [2.24, 2.45) is 5.73 Å². The van der Waals surface area contributed by atoms with E-state index in [2.05, 4.69) is 15.3 Å². The summed E-state index contributed by atoms with van der Waals surface area (Å²) in [6, 6.07) is 2.82. The average molecular weight is 362 g/mol. The Hall–Kier alpha value is -2.81. The van der Waals surface area contributed by atoms with Gasteiger partial charge in [0.15, 0.2) is 0 Å². The van der Waals surface area contributed by atoms with E-state index >= 15 is 0 Å². The molecule has 1 aromatic heterocycles. The molecule has 0 spiro atoms. The number of rotatable bonds is 4. The number of carbonyl (C=O) groups is 1. The third kappa shape index (κ3) is 3.57. The van der Waals surface area contributed by atoms with Crippen molar-refractivity contribution in [3.63, 3.8) is 0 Å². The second-order valence-corrected chi connectivity index (χ2v) is 6.55. The summed E-state index contributed by atoms with van der Waals surface area (Å²) >= 11 is 0. The normalized spacial score (nSPS) is 19.6. The number of nitrogens with zero attached hydrogens (tertiary/aromatic N) is 3. The van der Waals surface area contributed by atoms with Crippen LogP contribution in [0.25, 0.3) is 0 Å². The minimum atomic E-state index is -0.909. The summed E-state index contributed by atoms with van der Waals surface area (Å²) in [5, 5.41) is 2.63. The predicted molar refractivity (Wildman–Crippen MR) is 93.6 cm³/mol. The van der Waals surface area contributed by atoms with Crippen molar-refractivity contribution < 1.29 is 13.6 Å². The van der Waals surface area contributed by atoms with Crippen LogP contribution in [0.15, 0.2) is 24.5 Å². The molecule has 0 radical (unpaired) electrons. The van der Waals surface area contributed by atoms with Gasteiger partial charge in [0.25, 0.3) is 5.91 Å². The van der Waals surface area contributed by atoms with E-state index in [0.29, 0.717) is 37.2 Å². The maximum absolute atomic E-state index is 13.7. The summed E-state index contributed by atoms with van der Waals surface area (Å²) in [5.41, 5.74) is 12.1. The highest BCUT2D eigenvalue weighted by Gasteiger charge is 2.36. The molecule has 1 aliphatic heterocycles. The van der Waals surface area contributed by atoms with Gasteiger partial charge in [-0.05, 0) is 25.5 Å². The lowest BCUT2D eigenvalue weighted by Gasteiger charge is -2.26. The Labute approximate surface area is 149 Å². The number of nitrogen functional groups attached to an aromatic ring is 1. The molecule has 2 aromatic rings. The summed E-state index contributed by atoms with van der Waals surface area (Å²) in [6.07, 6.45) is 2.01. The van der Waals surface area contributed by atoms with Gasteiger partial charge in [-0.25, -0.2) is 18.7 Å². The lowest BCUT2D eigenvalue weighted by Crippen LogP contribution is -2.52. The third-order valence-corrected chi connectivity index (χ3v) is 4.56. The number of carbonyl (C=O) groups excluding carboxylic acids is 1. The second kappa shape index (κ2) is 6.83. The fourth-order valence-corrected chi connectivity index (χ4v) is 3.02. The Kier molecular flexibility index (Phi) is 4.73. The number of hydrogen-bond acceptors (Lipinski definition) is 6. The molecule has 5 N–H and O–H groups in total. The largest absolute Gasteiger partial charge is 0.383 e. The number of aromatic nitrogens is 2. The smallest absolute Gasteiger partial charge is 0.254 e. The molecule has 0 bridgehead atoms. The van der Waals surface area contributed by atoms with Crippen molar-refractivity contribution >= 4 is 17.5 Å². The first-order valence-electron chi connectivity index (χ1n) is 8.13. The minimum Gasteiger partial charge on any atom is -0.383 e. The molecule has 1 aliphatic rings. The van der Waals surface area contributed by atoms with Crippen molar-refractivity contribution in [3.05, 3.63) is 47.3 Å². The zero-order chi connectivity index (χ0) is 18.9. The van der Waals surface area contributed by atoms with E-state index in [1.807, 2.05) is 11.8 Å². The van der Waals surface area contributed by atoms with Gasteiger partial charge in [-0.2, -0.15) is 0 Å². The van der Waals surface area contributed by atoms with Gasteiger partial charge in [0.05, 0.1) is 11.1 Å². The molecule has 2 heterocycles. The van der Waals surface area contributed by atoms with Gasteiger partial charge in [-0.1, -0.05) is 0 Å². The van der Waals surface area contributed by atoms with Gasteiger partial charge < -0.3 is 21.7 Å².